The third-order valence-electron chi connectivity index (χ3n) is 3.66. The molecule has 0 spiro atoms. The molecule has 0 saturated carbocycles. The van der Waals surface area contributed by atoms with Gasteiger partial charge in [0.1, 0.15) is 0 Å². The summed E-state index contributed by atoms with van der Waals surface area (Å²) in [7, 11) is 0. The number of hydrazone groups is 1. The fourth-order valence-electron chi connectivity index (χ4n) is 2.41. The van der Waals surface area contributed by atoms with Gasteiger partial charge in [-0.15, -0.1) is 0 Å². The number of hydrogen-bond acceptors (Lipinski definition) is 7. The molecule has 1 heterocycles. The zero-order valence-corrected chi connectivity index (χ0v) is 13.7. The van der Waals surface area contributed by atoms with E-state index in [1.165, 1.54) is 30.3 Å². The van der Waals surface area contributed by atoms with Crippen molar-refractivity contribution in [3.63, 3.8) is 0 Å². The Morgan fingerprint density at radius 3 is 2.48 bits per heavy atom. The second kappa shape index (κ2) is 7.04. The largest absolute Gasteiger partial charge is 0.478 e. The average Bonchev–Trinajstić information content (AvgIpc) is 2.97. The molecule has 1 aliphatic heterocycles. The molecular weight excluding hydrogens is 354 g/mol. The molecule has 3 rings (SSSR count). The molecule has 1 atom stereocenters. The summed E-state index contributed by atoms with van der Waals surface area (Å²) in [5.41, 5.74) is 5.66. The van der Waals surface area contributed by atoms with Gasteiger partial charge in [-0.05, 0) is 30.3 Å². The first kappa shape index (κ1) is 17.7. The second-order valence-electron chi connectivity index (χ2n) is 5.48. The van der Waals surface area contributed by atoms with Crippen molar-refractivity contribution in [2.75, 3.05) is 10.7 Å². The fraction of sp³-hybridized carbons (Fsp3) is 0.0588. The van der Waals surface area contributed by atoms with Gasteiger partial charge < -0.3 is 15.9 Å². The predicted molar refractivity (Wildman–Crippen MR) is 95.1 cm³/mol. The molecule has 0 radical (unpaired) electrons. The number of carbonyl (C=O) groups excluding carboxylic acids is 1. The number of nitrogen functional groups attached to an aromatic ring is 1. The number of carboxylic acids is 2. The summed E-state index contributed by atoms with van der Waals surface area (Å²) in [6, 6.07) is 10.4. The molecule has 10 heteroatoms. The number of benzene rings is 2. The van der Waals surface area contributed by atoms with Gasteiger partial charge in [0.25, 0.3) is 5.91 Å². The molecular formula is C17H13N5O5. The highest BCUT2D eigenvalue weighted by atomic mass is 16.4. The Hall–Kier alpha value is -4.08. The second-order valence-corrected chi connectivity index (χ2v) is 5.48. The Kier molecular flexibility index (Phi) is 4.62. The van der Waals surface area contributed by atoms with E-state index >= 15 is 0 Å². The summed E-state index contributed by atoms with van der Waals surface area (Å²) in [6.07, 6.45) is 0. The molecule has 0 fully saturated rings. The Balaban J connectivity index is 1.96. The molecule has 0 bridgehead atoms. The lowest BCUT2D eigenvalue weighted by Crippen LogP contribution is -2.33. The summed E-state index contributed by atoms with van der Waals surface area (Å²) in [6.45, 7) is 0. The number of amides is 1. The van der Waals surface area contributed by atoms with Crippen LogP contribution in [0.2, 0.25) is 0 Å². The van der Waals surface area contributed by atoms with Crippen LogP contribution in [-0.4, -0.2) is 39.8 Å². The lowest BCUT2D eigenvalue weighted by atomic mass is 10.2. The van der Waals surface area contributed by atoms with E-state index in [1.54, 1.807) is 18.2 Å². The molecule has 4 N–H and O–H groups in total. The molecule has 0 aromatic heterocycles. The van der Waals surface area contributed by atoms with E-state index in [-0.39, 0.29) is 16.9 Å². The van der Waals surface area contributed by atoms with Crippen molar-refractivity contribution in [3.05, 3.63) is 54.1 Å². The van der Waals surface area contributed by atoms with Crippen molar-refractivity contribution < 1.29 is 24.6 Å². The van der Waals surface area contributed by atoms with Crippen LogP contribution in [0.4, 0.5) is 17.1 Å². The van der Waals surface area contributed by atoms with Crippen LogP contribution < -0.4 is 10.7 Å². The third-order valence-corrected chi connectivity index (χ3v) is 3.66. The summed E-state index contributed by atoms with van der Waals surface area (Å²) in [5, 5.41) is 30.7. The van der Waals surface area contributed by atoms with Gasteiger partial charge in [0, 0.05) is 5.69 Å². The van der Waals surface area contributed by atoms with E-state index < -0.39 is 29.6 Å². The zero-order valence-electron chi connectivity index (χ0n) is 13.7. The van der Waals surface area contributed by atoms with Gasteiger partial charge in [0.05, 0.1) is 16.9 Å². The Labute approximate surface area is 152 Å². The molecule has 0 saturated heterocycles. The topological polar surface area (TPSA) is 158 Å². The van der Waals surface area contributed by atoms with E-state index in [9.17, 15) is 19.5 Å². The van der Waals surface area contributed by atoms with E-state index in [0.717, 1.165) is 5.01 Å². The molecule has 1 amide bonds. The average molecular weight is 367 g/mol. The van der Waals surface area contributed by atoms with Gasteiger partial charge >= 0.3 is 11.9 Å². The zero-order chi connectivity index (χ0) is 19.6. The molecule has 2 aromatic rings. The maximum absolute atomic E-state index is 12.6. The first-order chi connectivity index (χ1) is 12.9. The van der Waals surface area contributed by atoms with Gasteiger partial charge in [0.2, 0.25) is 6.04 Å². The highest BCUT2D eigenvalue weighted by Gasteiger charge is 2.41. The lowest BCUT2D eigenvalue weighted by Gasteiger charge is -2.12. The normalized spacial score (nSPS) is 16.6. The minimum Gasteiger partial charge on any atom is -0.478 e. The number of anilines is 2. The SMILES string of the molecule is Nc1cccc(N2N=C(C(=O)O)C(N=Nc3ccccc3C(=O)O)C2=O)c1. The smallest absolute Gasteiger partial charge is 0.355 e. The van der Waals surface area contributed by atoms with Crippen LogP contribution in [-0.2, 0) is 9.59 Å². The number of azo groups is 1. The Morgan fingerprint density at radius 1 is 1.07 bits per heavy atom. The van der Waals surface area contributed by atoms with Crippen LogP contribution in [0.15, 0.2) is 63.9 Å². The molecule has 1 unspecified atom stereocenters. The van der Waals surface area contributed by atoms with Gasteiger partial charge in [0.15, 0.2) is 5.71 Å². The summed E-state index contributed by atoms with van der Waals surface area (Å²) < 4.78 is 0. The van der Waals surface area contributed by atoms with Crippen molar-refractivity contribution in [2.45, 2.75) is 6.04 Å². The number of nitrogens with zero attached hydrogens (tertiary/aromatic N) is 4. The van der Waals surface area contributed by atoms with Crippen LogP contribution in [0.25, 0.3) is 0 Å². The van der Waals surface area contributed by atoms with E-state index in [2.05, 4.69) is 15.3 Å². The Morgan fingerprint density at radius 2 is 1.81 bits per heavy atom. The van der Waals surface area contributed by atoms with Crippen LogP contribution in [0, 0.1) is 0 Å². The number of aliphatic carboxylic acids is 1. The van der Waals surface area contributed by atoms with Gasteiger partial charge in [-0.3, -0.25) is 4.79 Å². The van der Waals surface area contributed by atoms with Crippen LogP contribution >= 0.6 is 0 Å². The molecule has 2 aromatic carbocycles. The predicted octanol–water partition coefficient (Wildman–Crippen LogP) is 1.91. The number of carbonyl (C=O) groups is 3. The van der Waals surface area contributed by atoms with Crippen molar-refractivity contribution in [1.29, 1.82) is 0 Å². The number of hydrogen-bond donors (Lipinski definition) is 3. The van der Waals surface area contributed by atoms with E-state index in [0.29, 0.717) is 5.69 Å². The number of carboxylic acid groups (broad SMARTS) is 2. The van der Waals surface area contributed by atoms with Crippen molar-refractivity contribution in [3.8, 4) is 0 Å². The van der Waals surface area contributed by atoms with E-state index in [4.69, 9.17) is 10.8 Å². The minimum absolute atomic E-state index is 0.00931. The summed E-state index contributed by atoms with van der Waals surface area (Å²) in [4.78, 5) is 35.3. The maximum atomic E-state index is 12.6. The molecule has 27 heavy (non-hydrogen) atoms. The fourth-order valence-corrected chi connectivity index (χ4v) is 2.41. The highest BCUT2D eigenvalue weighted by Crippen LogP contribution is 2.26. The van der Waals surface area contributed by atoms with Crippen LogP contribution in [0.1, 0.15) is 10.4 Å². The Bertz CT molecular complexity index is 1000. The van der Waals surface area contributed by atoms with Crippen molar-refractivity contribution >= 4 is 40.6 Å². The molecule has 10 nitrogen and oxygen atoms in total. The van der Waals surface area contributed by atoms with E-state index in [1.807, 2.05) is 0 Å². The number of rotatable bonds is 5. The quantitative estimate of drug-likeness (QED) is 0.541. The number of aromatic carboxylic acids is 1. The van der Waals surface area contributed by atoms with Crippen LogP contribution in [0.5, 0.6) is 0 Å². The standard InChI is InChI=1S/C17H13N5O5/c18-9-4-3-5-10(8-9)22-15(23)13(14(21-22)17(26)27)20-19-12-7-2-1-6-11(12)16(24)25/h1-8,13H,18H2,(H,24,25)(H,26,27). The van der Waals surface area contributed by atoms with Crippen molar-refractivity contribution in [1.82, 2.24) is 0 Å². The van der Waals surface area contributed by atoms with Gasteiger partial charge in [-0.1, -0.05) is 18.2 Å². The maximum Gasteiger partial charge on any atom is 0.355 e. The van der Waals surface area contributed by atoms with Crippen molar-refractivity contribution in [2.24, 2.45) is 15.3 Å². The van der Waals surface area contributed by atoms with Crippen LogP contribution in [0.3, 0.4) is 0 Å². The monoisotopic (exact) mass is 367 g/mol. The molecule has 136 valence electrons. The molecule has 0 aliphatic carbocycles. The summed E-state index contributed by atoms with van der Waals surface area (Å²) >= 11 is 0. The summed E-state index contributed by atoms with van der Waals surface area (Å²) in [5.74, 6) is -3.41. The first-order valence-electron chi connectivity index (χ1n) is 7.63. The highest BCUT2D eigenvalue weighted by molar-refractivity contribution is 6.45. The van der Waals surface area contributed by atoms with Gasteiger partial charge in [-0.25, -0.2) is 9.59 Å². The minimum atomic E-state index is -1.51. The lowest BCUT2D eigenvalue weighted by molar-refractivity contribution is -0.130. The first-order valence-corrected chi connectivity index (χ1v) is 7.63. The molecule has 1 aliphatic rings. The third kappa shape index (κ3) is 3.49. The van der Waals surface area contributed by atoms with Gasteiger partial charge in [-0.2, -0.15) is 20.3 Å². The number of nitrogens with two attached hydrogens (primary N) is 1.